The summed E-state index contributed by atoms with van der Waals surface area (Å²) in [6, 6.07) is 6.11. The lowest BCUT2D eigenvalue weighted by Crippen LogP contribution is -2.02. The third kappa shape index (κ3) is 4.99. The Labute approximate surface area is 167 Å². The molecule has 1 aromatic carbocycles. The molecule has 0 fully saturated rings. The molecule has 2 rings (SSSR count). The van der Waals surface area contributed by atoms with Crippen molar-refractivity contribution in [1.29, 1.82) is 0 Å². The molecule has 0 atom stereocenters. The Bertz CT molecular complexity index is 1020. The number of nitrogens with zero attached hydrogens (tertiary/aromatic N) is 2. The minimum Gasteiger partial charge on any atom is -0.352 e. The van der Waals surface area contributed by atoms with Gasteiger partial charge in [0, 0.05) is 40.5 Å². The van der Waals surface area contributed by atoms with Gasteiger partial charge in [-0.05, 0) is 51.5 Å². The van der Waals surface area contributed by atoms with Gasteiger partial charge in [-0.2, -0.15) is 5.10 Å². The van der Waals surface area contributed by atoms with Crippen molar-refractivity contribution < 1.29 is 0 Å². The van der Waals surface area contributed by atoms with Gasteiger partial charge < -0.3 is 5.32 Å². The highest BCUT2D eigenvalue weighted by Gasteiger charge is 2.13. The zero-order valence-corrected chi connectivity index (χ0v) is 16.9. The Morgan fingerprint density at radius 3 is 2.82 bits per heavy atom. The molecule has 0 radical (unpaired) electrons. The van der Waals surface area contributed by atoms with Gasteiger partial charge >= 0.3 is 0 Å². The molecule has 0 bridgehead atoms. The largest absolute Gasteiger partial charge is 0.352 e. The van der Waals surface area contributed by atoms with Crippen LogP contribution >= 0.6 is 0 Å². The second-order valence-electron chi connectivity index (χ2n) is 6.16. The average molecular weight is 371 g/mol. The Balaban J connectivity index is 2.37. The summed E-state index contributed by atoms with van der Waals surface area (Å²) < 4.78 is 0. The minimum atomic E-state index is 0.704. The number of hydrogen-bond acceptors (Lipinski definition) is 3. The van der Waals surface area contributed by atoms with Crippen LogP contribution in [0, 0.1) is 18.8 Å². The number of H-pyrrole nitrogens is 1. The lowest BCUT2D eigenvalue weighted by molar-refractivity contribution is 1.09. The molecule has 142 valence electrons. The summed E-state index contributed by atoms with van der Waals surface area (Å²) in [4.78, 5) is 4.42. The summed E-state index contributed by atoms with van der Waals surface area (Å²) in [7, 11) is 0. The van der Waals surface area contributed by atoms with Crippen LogP contribution in [0.4, 0.5) is 5.69 Å². The maximum Gasteiger partial charge on any atom is 0.116 e. The van der Waals surface area contributed by atoms with Gasteiger partial charge in [0.05, 0.1) is 5.69 Å². The van der Waals surface area contributed by atoms with Gasteiger partial charge in [-0.15, -0.1) is 5.92 Å². The number of aromatic nitrogens is 2. The number of benzene rings is 1. The van der Waals surface area contributed by atoms with Gasteiger partial charge in [0.2, 0.25) is 0 Å². The van der Waals surface area contributed by atoms with Crippen molar-refractivity contribution >= 4 is 11.9 Å². The second-order valence-corrected chi connectivity index (χ2v) is 6.16. The first-order chi connectivity index (χ1) is 13.5. The minimum absolute atomic E-state index is 0.704. The van der Waals surface area contributed by atoms with E-state index in [0.29, 0.717) is 5.70 Å². The molecule has 0 aliphatic heterocycles. The van der Waals surface area contributed by atoms with Crippen molar-refractivity contribution in [1.82, 2.24) is 10.2 Å². The summed E-state index contributed by atoms with van der Waals surface area (Å²) in [6.07, 6.45) is 9.12. The van der Waals surface area contributed by atoms with Crippen LogP contribution in [0.1, 0.15) is 31.9 Å². The predicted octanol–water partition coefficient (Wildman–Crippen LogP) is 5.79. The van der Waals surface area contributed by atoms with E-state index in [0.717, 1.165) is 39.3 Å². The molecular formula is C24H26N4. The SMILES string of the molecule is C=C/C(C(=C)Nc1c[nH]nc1-c1cc(C#CC)ccc1C)=C(C)/N=C\C=C/C. The lowest BCUT2D eigenvalue weighted by atomic mass is 10.0. The molecule has 0 amide bonds. The molecule has 1 heterocycles. The number of aliphatic imine (C=N–C) groups is 1. The van der Waals surface area contributed by atoms with Gasteiger partial charge in [0.15, 0.2) is 0 Å². The fourth-order valence-electron chi connectivity index (χ4n) is 2.72. The smallest absolute Gasteiger partial charge is 0.116 e. The molecule has 0 saturated carbocycles. The summed E-state index contributed by atoms with van der Waals surface area (Å²) in [5, 5.41) is 10.7. The van der Waals surface area contributed by atoms with E-state index in [4.69, 9.17) is 0 Å². The molecule has 2 N–H and O–H groups in total. The summed E-state index contributed by atoms with van der Waals surface area (Å²) >= 11 is 0. The highest BCUT2D eigenvalue weighted by Crippen LogP contribution is 2.31. The number of hydrogen-bond donors (Lipinski definition) is 2. The molecule has 0 spiro atoms. The lowest BCUT2D eigenvalue weighted by Gasteiger charge is -2.13. The topological polar surface area (TPSA) is 53.1 Å². The van der Waals surface area contributed by atoms with Crippen molar-refractivity contribution in [3.8, 4) is 23.1 Å². The molecule has 4 heteroatoms. The van der Waals surface area contributed by atoms with Crippen LogP contribution in [-0.2, 0) is 0 Å². The number of allylic oxidation sites excluding steroid dienone is 4. The maximum absolute atomic E-state index is 4.43. The van der Waals surface area contributed by atoms with E-state index < -0.39 is 0 Å². The molecule has 28 heavy (non-hydrogen) atoms. The van der Waals surface area contributed by atoms with Crippen molar-refractivity contribution in [2.24, 2.45) is 4.99 Å². The van der Waals surface area contributed by atoms with Gasteiger partial charge in [-0.25, -0.2) is 0 Å². The summed E-state index contributed by atoms with van der Waals surface area (Å²) in [6.45, 7) is 15.8. The monoisotopic (exact) mass is 370 g/mol. The molecule has 4 nitrogen and oxygen atoms in total. The van der Waals surface area contributed by atoms with Crippen LogP contribution in [0.5, 0.6) is 0 Å². The maximum atomic E-state index is 4.43. The Morgan fingerprint density at radius 1 is 1.36 bits per heavy atom. The molecular weight excluding hydrogens is 344 g/mol. The molecule has 0 saturated heterocycles. The van der Waals surface area contributed by atoms with E-state index in [2.05, 4.69) is 58.5 Å². The van der Waals surface area contributed by atoms with Crippen molar-refractivity contribution in [2.75, 3.05) is 5.32 Å². The van der Waals surface area contributed by atoms with Crippen LogP contribution < -0.4 is 5.32 Å². The number of aryl methyl sites for hydroxylation is 1. The first kappa shape index (κ1) is 20.7. The quantitative estimate of drug-likeness (QED) is 0.368. The zero-order chi connectivity index (χ0) is 20.5. The first-order valence-corrected chi connectivity index (χ1v) is 9.04. The average Bonchev–Trinajstić information content (AvgIpc) is 3.12. The van der Waals surface area contributed by atoms with E-state index in [9.17, 15) is 0 Å². The van der Waals surface area contributed by atoms with E-state index >= 15 is 0 Å². The van der Waals surface area contributed by atoms with Crippen LogP contribution in [-0.4, -0.2) is 16.4 Å². The van der Waals surface area contributed by atoms with E-state index in [1.165, 1.54) is 0 Å². The summed E-state index contributed by atoms with van der Waals surface area (Å²) in [5.41, 5.74) is 7.11. The van der Waals surface area contributed by atoms with Gasteiger partial charge in [-0.3, -0.25) is 10.1 Å². The van der Waals surface area contributed by atoms with E-state index in [1.807, 2.05) is 51.3 Å². The fourth-order valence-corrected chi connectivity index (χ4v) is 2.72. The van der Waals surface area contributed by atoms with Crippen LogP contribution in [0.15, 0.2) is 77.7 Å². The molecule has 0 aliphatic carbocycles. The fraction of sp³-hybridized carbons (Fsp3) is 0.167. The standard InChI is InChI=1S/C24H26N4/c1-7-10-14-25-18(5)21(9-3)19(6)27-23-16-26-28-24(23)22-15-20(11-8-2)13-12-17(22)4/h7,9-10,12-16,27H,3,6H2,1-2,4-5H3,(H,26,28)/b10-7-,21-18-,25-14-. The van der Waals surface area contributed by atoms with Gasteiger partial charge in [-0.1, -0.05) is 37.3 Å². The second kappa shape index (κ2) is 9.94. The van der Waals surface area contributed by atoms with Crippen LogP contribution in [0.2, 0.25) is 0 Å². The Morgan fingerprint density at radius 2 is 2.14 bits per heavy atom. The number of anilines is 1. The van der Waals surface area contributed by atoms with Gasteiger partial charge in [0.25, 0.3) is 0 Å². The van der Waals surface area contributed by atoms with Crippen LogP contribution in [0.3, 0.4) is 0 Å². The number of nitrogens with one attached hydrogen (secondary N) is 2. The molecule has 0 aliphatic rings. The molecule has 0 unspecified atom stereocenters. The van der Waals surface area contributed by atoms with Crippen molar-refractivity contribution in [3.63, 3.8) is 0 Å². The van der Waals surface area contributed by atoms with E-state index in [-0.39, 0.29) is 0 Å². The molecule has 1 aromatic heterocycles. The normalized spacial score (nSPS) is 11.9. The van der Waals surface area contributed by atoms with Crippen LogP contribution in [0.25, 0.3) is 11.3 Å². The first-order valence-electron chi connectivity index (χ1n) is 9.04. The third-order valence-corrected chi connectivity index (χ3v) is 4.15. The van der Waals surface area contributed by atoms with Gasteiger partial charge in [0.1, 0.15) is 5.69 Å². The molecule has 2 aromatic rings. The number of aromatic amines is 1. The highest BCUT2D eigenvalue weighted by atomic mass is 15.1. The van der Waals surface area contributed by atoms with Crippen molar-refractivity contribution in [2.45, 2.75) is 27.7 Å². The summed E-state index contributed by atoms with van der Waals surface area (Å²) in [5.74, 6) is 6.03. The predicted molar refractivity (Wildman–Crippen MR) is 120 cm³/mol. The van der Waals surface area contributed by atoms with E-state index in [1.54, 1.807) is 12.3 Å². The number of rotatable bonds is 7. The third-order valence-electron chi connectivity index (χ3n) is 4.15. The zero-order valence-electron chi connectivity index (χ0n) is 16.9. The Kier molecular flexibility index (Phi) is 7.36. The Hall–Kier alpha value is -3.58. The highest BCUT2D eigenvalue weighted by molar-refractivity contribution is 5.79. The van der Waals surface area contributed by atoms with Crippen molar-refractivity contribution in [3.05, 3.63) is 83.9 Å².